The van der Waals surface area contributed by atoms with Crippen LogP contribution >= 0.6 is 15.9 Å². The van der Waals surface area contributed by atoms with Gasteiger partial charge in [-0.1, -0.05) is 28.1 Å². The summed E-state index contributed by atoms with van der Waals surface area (Å²) in [6.07, 6.45) is 3.09. The summed E-state index contributed by atoms with van der Waals surface area (Å²) in [5.41, 5.74) is 1.17. The van der Waals surface area contributed by atoms with E-state index >= 15 is 0 Å². The van der Waals surface area contributed by atoms with Crippen LogP contribution in [-0.2, 0) is 11.3 Å². The van der Waals surface area contributed by atoms with E-state index in [0.29, 0.717) is 10.9 Å². The van der Waals surface area contributed by atoms with Crippen LogP contribution < -0.4 is 10.9 Å². The second-order valence-corrected chi connectivity index (χ2v) is 6.30. The number of nitrogens with one attached hydrogen (secondary N) is 1. The molecule has 0 spiro atoms. The van der Waals surface area contributed by atoms with Gasteiger partial charge in [0.15, 0.2) is 0 Å². The summed E-state index contributed by atoms with van der Waals surface area (Å²) in [7, 11) is 0. The molecule has 3 aromatic rings. The monoisotopic (exact) mass is 386 g/mol. The minimum atomic E-state index is -0.327. The number of rotatable bonds is 4. The van der Waals surface area contributed by atoms with Crippen LogP contribution in [0.2, 0.25) is 0 Å². The Kier molecular flexibility index (Phi) is 4.71. The van der Waals surface area contributed by atoms with Crippen molar-refractivity contribution in [2.75, 3.05) is 0 Å². The lowest BCUT2D eigenvalue weighted by atomic mass is 10.1. The van der Waals surface area contributed by atoms with Gasteiger partial charge in [-0.3, -0.25) is 14.6 Å². The zero-order valence-electron chi connectivity index (χ0n) is 12.9. The van der Waals surface area contributed by atoms with E-state index in [4.69, 9.17) is 0 Å². The smallest absolute Gasteiger partial charge is 0.276 e. The van der Waals surface area contributed by atoms with Crippen LogP contribution in [0.15, 0.2) is 58.1 Å². The fraction of sp³-hybridized carbons (Fsp3) is 0.176. The van der Waals surface area contributed by atoms with Crippen LogP contribution in [0.4, 0.5) is 0 Å². The first-order valence-corrected chi connectivity index (χ1v) is 8.19. The molecule has 3 rings (SSSR count). The van der Waals surface area contributed by atoms with Gasteiger partial charge in [0.2, 0.25) is 5.91 Å². The van der Waals surface area contributed by atoms with Crippen molar-refractivity contribution in [2.45, 2.75) is 19.5 Å². The Morgan fingerprint density at radius 2 is 2.04 bits per heavy atom. The number of fused-ring (bicyclic) bond motifs is 1. The average Bonchev–Trinajstić information content (AvgIpc) is 2.58. The molecule has 0 radical (unpaired) electrons. The summed E-state index contributed by atoms with van der Waals surface area (Å²) in [6, 6.07) is 10.9. The van der Waals surface area contributed by atoms with Gasteiger partial charge in [0.05, 0.1) is 23.1 Å². The standard InChI is InChI=1S/C17H15BrN4O2/c1-11(12-4-6-13(18)7-5-12)21-16(23)10-22-17(24)14-3-2-8-19-15(14)9-20-22/h2-9,11H,10H2,1H3,(H,21,23)/t11-/m0/s1. The molecule has 0 aliphatic rings. The van der Waals surface area contributed by atoms with E-state index in [-0.39, 0.29) is 24.1 Å². The maximum Gasteiger partial charge on any atom is 0.276 e. The number of halogens is 1. The number of hydrogen-bond donors (Lipinski definition) is 1. The maximum absolute atomic E-state index is 12.3. The van der Waals surface area contributed by atoms with Gasteiger partial charge in [0, 0.05) is 10.7 Å². The zero-order chi connectivity index (χ0) is 17.1. The summed E-state index contributed by atoms with van der Waals surface area (Å²) in [5, 5.41) is 7.33. The number of aromatic nitrogens is 3. The quantitative estimate of drug-likeness (QED) is 0.746. The third-order valence-corrected chi connectivity index (χ3v) is 4.19. The van der Waals surface area contributed by atoms with Gasteiger partial charge in [-0.05, 0) is 36.8 Å². The molecule has 2 heterocycles. The number of carbonyl (C=O) groups excluding carboxylic acids is 1. The third-order valence-electron chi connectivity index (χ3n) is 3.66. The van der Waals surface area contributed by atoms with Gasteiger partial charge in [-0.2, -0.15) is 5.10 Å². The molecule has 7 heteroatoms. The second-order valence-electron chi connectivity index (χ2n) is 5.38. The maximum atomic E-state index is 12.3. The summed E-state index contributed by atoms with van der Waals surface area (Å²) in [5.74, 6) is -0.275. The Labute approximate surface area is 146 Å². The van der Waals surface area contributed by atoms with Crippen molar-refractivity contribution < 1.29 is 4.79 Å². The van der Waals surface area contributed by atoms with Gasteiger partial charge < -0.3 is 5.32 Å². The highest BCUT2D eigenvalue weighted by atomic mass is 79.9. The molecule has 0 fully saturated rings. The predicted octanol–water partition coefficient (Wildman–Crippen LogP) is 2.43. The summed E-state index contributed by atoms with van der Waals surface area (Å²) in [4.78, 5) is 28.6. The average molecular weight is 387 g/mol. The molecule has 1 atom stereocenters. The second kappa shape index (κ2) is 6.92. The Morgan fingerprint density at radius 3 is 2.79 bits per heavy atom. The van der Waals surface area contributed by atoms with Crippen molar-refractivity contribution in [2.24, 2.45) is 0 Å². The lowest BCUT2D eigenvalue weighted by Crippen LogP contribution is -2.35. The molecule has 1 amide bonds. The highest BCUT2D eigenvalue weighted by Gasteiger charge is 2.12. The molecule has 2 aromatic heterocycles. The zero-order valence-corrected chi connectivity index (χ0v) is 14.5. The van der Waals surface area contributed by atoms with E-state index in [1.54, 1.807) is 18.3 Å². The number of pyridine rings is 1. The third kappa shape index (κ3) is 3.51. The minimum Gasteiger partial charge on any atom is -0.348 e. The molecule has 0 bridgehead atoms. The largest absolute Gasteiger partial charge is 0.348 e. The molecule has 1 N–H and O–H groups in total. The van der Waals surface area contributed by atoms with Crippen LogP contribution in [0.5, 0.6) is 0 Å². The molecule has 24 heavy (non-hydrogen) atoms. The Morgan fingerprint density at radius 1 is 1.29 bits per heavy atom. The van der Waals surface area contributed by atoms with Crippen molar-refractivity contribution in [1.29, 1.82) is 0 Å². The number of nitrogens with zero attached hydrogens (tertiary/aromatic N) is 3. The molecule has 0 unspecified atom stereocenters. The van der Waals surface area contributed by atoms with Crippen LogP contribution in [0, 0.1) is 0 Å². The molecule has 0 saturated heterocycles. The molecular formula is C17H15BrN4O2. The first-order valence-electron chi connectivity index (χ1n) is 7.40. The van der Waals surface area contributed by atoms with Gasteiger partial charge >= 0.3 is 0 Å². The highest BCUT2D eigenvalue weighted by Crippen LogP contribution is 2.16. The van der Waals surface area contributed by atoms with Gasteiger partial charge in [-0.15, -0.1) is 0 Å². The fourth-order valence-corrected chi connectivity index (χ4v) is 2.65. The Bertz CT molecular complexity index is 937. The first kappa shape index (κ1) is 16.3. The van der Waals surface area contributed by atoms with Crippen LogP contribution in [0.3, 0.4) is 0 Å². The normalized spacial score (nSPS) is 12.1. The van der Waals surface area contributed by atoms with Crippen LogP contribution in [0.1, 0.15) is 18.5 Å². The number of carbonyl (C=O) groups is 1. The highest BCUT2D eigenvalue weighted by molar-refractivity contribution is 9.10. The van der Waals surface area contributed by atoms with Crippen LogP contribution in [0.25, 0.3) is 10.9 Å². The van der Waals surface area contributed by atoms with E-state index in [9.17, 15) is 9.59 Å². The van der Waals surface area contributed by atoms with E-state index in [0.717, 1.165) is 14.7 Å². The SMILES string of the molecule is C[C@H](NC(=O)Cn1ncc2ncccc2c1=O)c1ccc(Br)cc1. The van der Waals surface area contributed by atoms with E-state index < -0.39 is 0 Å². The molecular weight excluding hydrogens is 372 g/mol. The Hall–Kier alpha value is -2.54. The van der Waals surface area contributed by atoms with Crippen molar-refractivity contribution in [3.8, 4) is 0 Å². The van der Waals surface area contributed by atoms with Gasteiger partial charge in [-0.25, -0.2) is 4.68 Å². The first-order chi connectivity index (χ1) is 11.5. The molecule has 0 aliphatic carbocycles. The van der Waals surface area contributed by atoms with Gasteiger partial charge in [0.1, 0.15) is 6.54 Å². The fourth-order valence-electron chi connectivity index (χ4n) is 2.39. The van der Waals surface area contributed by atoms with Crippen molar-refractivity contribution in [3.63, 3.8) is 0 Å². The van der Waals surface area contributed by atoms with Crippen molar-refractivity contribution >= 4 is 32.7 Å². The predicted molar refractivity (Wildman–Crippen MR) is 94.5 cm³/mol. The number of amides is 1. The van der Waals surface area contributed by atoms with Gasteiger partial charge in [0.25, 0.3) is 5.56 Å². The molecule has 0 saturated carbocycles. The van der Waals surface area contributed by atoms with Crippen molar-refractivity contribution in [3.05, 3.63) is 69.2 Å². The summed E-state index contributed by atoms with van der Waals surface area (Å²) < 4.78 is 2.12. The van der Waals surface area contributed by atoms with Crippen LogP contribution in [-0.4, -0.2) is 20.7 Å². The lowest BCUT2D eigenvalue weighted by Gasteiger charge is -2.15. The summed E-state index contributed by atoms with van der Waals surface area (Å²) in [6.45, 7) is 1.76. The molecule has 122 valence electrons. The van der Waals surface area contributed by atoms with E-state index in [1.165, 1.54) is 6.20 Å². The lowest BCUT2D eigenvalue weighted by molar-refractivity contribution is -0.122. The molecule has 6 nitrogen and oxygen atoms in total. The Balaban J connectivity index is 1.74. The summed E-state index contributed by atoms with van der Waals surface area (Å²) >= 11 is 3.38. The topological polar surface area (TPSA) is 76.9 Å². The molecule has 0 aliphatic heterocycles. The number of benzene rings is 1. The van der Waals surface area contributed by atoms with Crippen molar-refractivity contribution in [1.82, 2.24) is 20.1 Å². The van der Waals surface area contributed by atoms with E-state index in [1.807, 2.05) is 31.2 Å². The minimum absolute atomic E-state index is 0.134. The van der Waals surface area contributed by atoms with E-state index in [2.05, 4.69) is 31.3 Å². The molecule has 1 aromatic carbocycles. The number of hydrogen-bond acceptors (Lipinski definition) is 4.